The van der Waals surface area contributed by atoms with Crippen molar-refractivity contribution in [3.8, 4) is 0 Å². The van der Waals surface area contributed by atoms with E-state index in [1.54, 1.807) is 32.1 Å². The van der Waals surface area contributed by atoms with Gasteiger partial charge in [0.2, 0.25) is 6.29 Å². The van der Waals surface area contributed by atoms with E-state index in [4.69, 9.17) is 14.7 Å². The molecule has 1 amide bonds. The second kappa shape index (κ2) is 12.0. The highest BCUT2D eigenvalue weighted by atomic mass is 16.8. The Balaban J connectivity index is 1.89. The Hall–Kier alpha value is -2.60. The second-order valence-electron chi connectivity index (χ2n) is 8.12. The number of carbonyl (C=O) groups excluding carboxylic acids is 2. The number of aliphatic hydroxyl groups excluding tert-OH is 4. The minimum atomic E-state index is -1.63. The molecule has 1 aromatic carbocycles. The van der Waals surface area contributed by atoms with Crippen LogP contribution in [0.25, 0.3) is 0 Å². The number of hydrogen-bond acceptors (Lipinski definition) is 9. The van der Waals surface area contributed by atoms with E-state index in [9.17, 15) is 24.9 Å². The lowest BCUT2D eigenvalue weighted by Crippen LogP contribution is -2.60. The normalized spacial score (nSPS) is 26.8. The topological polar surface area (TPSA) is 149 Å². The van der Waals surface area contributed by atoms with Crippen LogP contribution >= 0.6 is 0 Å². The van der Waals surface area contributed by atoms with Crippen LogP contribution in [-0.4, -0.2) is 83.5 Å². The number of ether oxygens (including phenoxy) is 1. The summed E-state index contributed by atoms with van der Waals surface area (Å²) in [7, 11) is 3.84. The van der Waals surface area contributed by atoms with Crippen LogP contribution in [0.5, 0.6) is 0 Å². The van der Waals surface area contributed by atoms with Gasteiger partial charge in [0.05, 0.1) is 6.61 Å². The largest absolute Gasteiger partial charge is 0.394 e. The van der Waals surface area contributed by atoms with Gasteiger partial charge in [-0.25, -0.2) is 10.3 Å². The molecular formula is C23H32N2O8. The van der Waals surface area contributed by atoms with Crippen LogP contribution in [0.3, 0.4) is 0 Å². The van der Waals surface area contributed by atoms with E-state index in [0.29, 0.717) is 11.1 Å². The first-order valence-corrected chi connectivity index (χ1v) is 10.5. The highest BCUT2D eigenvalue weighted by molar-refractivity contribution is 5.99. The molecule has 0 aromatic heterocycles. The maximum Gasteiger partial charge on any atom is 0.267 e. The van der Waals surface area contributed by atoms with Crippen molar-refractivity contribution in [2.24, 2.45) is 5.92 Å². The van der Waals surface area contributed by atoms with Gasteiger partial charge in [0, 0.05) is 37.3 Å². The minimum absolute atomic E-state index is 0.0524. The van der Waals surface area contributed by atoms with Crippen LogP contribution in [0.4, 0.5) is 5.69 Å². The number of rotatable bonds is 9. The van der Waals surface area contributed by atoms with Crippen molar-refractivity contribution in [1.82, 2.24) is 5.48 Å². The summed E-state index contributed by atoms with van der Waals surface area (Å²) in [6, 6.07) is 7.29. The van der Waals surface area contributed by atoms with Crippen molar-refractivity contribution in [3.05, 3.63) is 53.6 Å². The number of anilines is 1. The molecule has 10 heteroatoms. The summed E-state index contributed by atoms with van der Waals surface area (Å²) in [6.45, 7) is 2.89. The third-order valence-corrected chi connectivity index (χ3v) is 5.22. The molecule has 6 atom stereocenters. The lowest BCUT2D eigenvalue weighted by Gasteiger charge is -2.38. The first-order valence-electron chi connectivity index (χ1n) is 10.5. The summed E-state index contributed by atoms with van der Waals surface area (Å²) in [4.78, 5) is 31.5. The van der Waals surface area contributed by atoms with Crippen LogP contribution in [0, 0.1) is 5.92 Å². The zero-order valence-corrected chi connectivity index (χ0v) is 19.1. The van der Waals surface area contributed by atoms with Gasteiger partial charge in [-0.2, -0.15) is 0 Å². The van der Waals surface area contributed by atoms with Gasteiger partial charge in [-0.1, -0.05) is 24.6 Å². The van der Waals surface area contributed by atoms with Crippen LogP contribution in [0.2, 0.25) is 0 Å². The SMILES string of the molecule is CC(C=CC(=O)NO[C@H]1O[C@@H](CO)[C@@H](O)[C@@H](O)[C@H]1O)=C[C@@H](C)C(=O)c1ccc(N(C)C)cc1. The fourth-order valence-corrected chi connectivity index (χ4v) is 3.23. The van der Waals surface area contributed by atoms with Crippen LogP contribution in [0.1, 0.15) is 24.2 Å². The molecule has 1 saturated heterocycles. The standard InChI is InChI=1S/C23H32N2O8/c1-13(11-14(2)19(28)15-6-8-16(9-7-15)25(3)4)5-10-18(27)24-33-23-22(31)21(30)20(29)17(12-26)32-23/h5-11,14,17,20-23,26,29-31H,12H2,1-4H3,(H,24,27)/t14-,17+,20-,21-,22-,23-/m1/s1. The van der Waals surface area contributed by atoms with E-state index in [2.05, 4.69) is 5.48 Å². The van der Waals surface area contributed by atoms with E-state index < -0.39 is 49.1 Å². The summed E-state index contributed by atoms with van der Waals surface area (Å²) in [5, 5.41) is 38.5. The molecule has 0 bridgehead atoms. The van der Waals surface area contributed by atoms with Crippen molar-refractivity contribution in [2.75, 3.05) is 25.6 Å². The van der Waals surface area contributed by atoms with Gasteiger partial charge in [-0.3, -0.25) is 9.59 Å². The molecule has 0 saturated carbocycles. The fraction of sp³-hybridized carbons (Fsp3) is 0.478. The number of hydrogen-bond donors (Lipinski definition) is 5. The van der Waals surface area contributed by atoms with Gasteiger partial charge in [-0.05, 0) is 31.2 Å². The lowest BCUT2D eigenvalue weighted by atomic mass is 9.97. The summed E-state index contributed by atoms with van der Waals surface area (Å²) in [5.41, 5.74) is 4.30. The highest BCUT2D eigenvalue weighted by Gasteiger charge is 2.44. The maximum atomic E-state index is 12.6. The molecule has 0 unspecified atom stereocenters. The molecule has 5 N–H and O–H groups in total. The van der Waals surface area contributed by atoms with E-state index in [1.165, 1.54) is 12.2 Å². The number of nitrogens with zero attached hydrogens (tertiary/aromatic N) is 1. The van der Waals surface area contributed by atoms with Crippen molar-refractivity contribution in [3.63, 3.8) is 0 Å². The first-order chi connectivity index (χ1) is 15.5. The number of allylic oxidation sites excluding steroid dienone is 3. The Morgan fingerprint density at radius 2 is 1.76 bits per heavy atom. The van der Waals surface area contributed by atoms with Crippen molar-refractivity contribution in [2.45, 2.75) is 44.6 Å². The molecule has 2 rings (SSSR count). The zero-order valence-electron chi connectivity index (χ0n) is 19.1. The van der Waals surface area contributed by atoms with E-state index in [0.717, 1.165) is 5.69 Å². The van der Waals surface area contributed by atoms with Gasteiger partial charge in [-0.15, -0.1) is 0 Å². The summed E-state index contributed by atoms with van der Waals surface area (Å²) in [5.74, 6) is -1.14. The Kier molecular flexibility index (Phi) is 9.71. The van der Waals surface area contributed by atoms with Crippen LogP contribution in [0.15, 0.2) is 48.1 Å². The second-order valence-corrected chi connectivity index (χ2v) is 8.12. The molecule has 182 valence electrons. The number of Topliss-reactive ketones (excluding diaryl/α,β-unsaturated/α-hetero) is 1. The Morgan fingerprint density at radius 3 is 2.33 bits per heavy atom. The zero-order chi connectivity index (χ0) is 24.7. The van der Waals surface area contributed by atoms with E-state index >= 15 is 0 Å². The Morgan fingerprint density at radius 1 is 1.12 bits per heavy atom. The minimum Gasteiger partial charge on any atom is -0.394 e. The summed E-state index contributed by atoms with van der Waals surface area (Å²) < 4.78 is 5.13. The highest BCUT2D eigenvalue weighted by Crippen LogP contribution is 2.21. The van der Waals surface area contributed by atoms with Crippen molar-refractivity contribution in [1.29, 1.82) is 0 Å². The van der Waals surface area contributed by atoms with Gasteiger partial charge in [0.1, 0.15) is 24.4 Å². The van der Waals surface area contributed by atoms with E-state index in [1.807, 2.05) is 31.1 Å². The summed E-state index contributed by atoms with van der Waals surface area (Å²) >= 11 is 0. The molecule has 0 spiro atoms. The quantitative estimate of drug-likeness (QED) is 0.146. The number of benzene rings is 1. The van der Waals surface area contributed by atoms with Gasteiger partial charge in [0.15, 0.2) is 5.78 Å². The number of carbonyl (C=O) groups is 2. The molecule has 0 radical (unpaired) electrons. The van der Waals surface area contributed by atoms with Crippen molar-refractivity contribution >= 4 is 17.4 Å². The average Bonchev–Trinajstić information content (AvgIpc) is 2.80. The third kappa shape index (κ3) is 7.19. The smallest absolute Gasteiger partial charge is 0.267 e. The lowest BCUT2D eigenvalue weighted by molar-refractivity contribution is -0.312. The average molecular weight is 465 g/mol. The molecule has 33 heavy (non-hydrogen) atoms. The predicted molar refractivity (Wildman–Crippen MR) is 120 cm³/mol. The summed E-state index contributed by atoms with van der Waals surface area (Å²) in [6.07, 6.45) is -3.02. The van der Waals surface area contributed by atoms with Gasteiger partial charge >= 0.3 is 0 Å². The molecule has 1 aliphatic rings. The fourth-order valence-electron chi connectivity index (χ4n) is 3.23. The monoisotopic (exact) mass is 464 g/mol. The third-order valence-electron chi connectivity index (χ3n) is 5.22. The Labute approximate surface area is 192 Å². The molecule has 1 aromatic rings. The molecule has 1 aliphatic heterocycles. The number of hydroxylamine groups is 1. The molecular weight excluding hydrogens is 432 g/mol. The molecule has 1 fully saturated rings. The molecule has 0 aliphatic carbocycles. The van der Waals surface area contributed by atoms with Crippen molar-refractivity contribution < 1.29 is 39.6 Å². The predicted octanol–water partition coefficient (Wildman–Crippen LogP) is -0.0784. The molecule has 1 heterocycles. The van der Waals surface area contributed by atoms with E-state index in [-0.39, 0.29) is 5.78 Å². The van der Waals surface area contributed by atoms with Gasteiger partial charge in [0.25, 0.3) is 5.91 Å². The number of amides is 1. The van der Waals surface area contributed by atoms with Gasteiger partial charge < -0.3 is 30.1 Å². The Bertz CT molecular complexity index is 866. The molecule has 10 nitrogen and oxygen atoms in total. The number of ketones is 1. The first kappa shape index (κ1) is 26.7. The van der Waals surface area contributed by atoms with Crippen LogP contribution < -0.4 is 10.4 Å². The maximum absolute atomic E-state index is 12.6. The number of aliphatic hydroxyl groups is 4. The number of nitrogens with one attached hydrogen (secondary N) is 1. The van der Waals surface area contributed by atoms with Crippen LogP contribution in [-0.2, 0) is 14.4 Å².